The SMILES string of the molecule is CC(CCCO)Nc1n[nH]c(=O)[nH]c1=O. The summed E-state index contributed by atoms with van der Waals surface area (Å²) in [5.74, 6) is 0.0834. The molecule has 84 valence electrons. The van der Waals surface area contributed by atoms with Crippen molar-refractivity contribution in [2.24, 2.45) is 0 Å². The Balaban J connectivity index is 2.64. The lowest BCUT2D eigenvalue weighted by Crippen LogP contribution is -2.29. The van der Waals surface area contributed by atoms with Crippen LogP contribution in [0.1, 0.15) is 19.8 Å². The minimum Gasteiger partial charge on any atom is -0.396 e. The van der Waals surface area contributed by atoms with Gasteiger partial charge in [-0.15, -0.1) is 5.10 Å². The molecular weight excluding hydrogens is 200 g/mol. The predicted octanol–water partition coefficient (Wildman–Crippen LogP) is -0.969. The summed E-state index contributed by atoms with van der Waals surface area (Å²) in [7, 11) is 0. The van der Waals surface area contributed by atoms with Crippen LogP contribution in [-0.4, -0.2) is 32.9 Å². The van der Waals surface area contributed by atoms with Crippen LogP contribution < -0.4 is 16.6 Å². The van der Waals surface area contributed by atoms with Gasteiger partial charge in [0.2, 0.25) is 5.82 Å². The molecular formula is C8H14N4O3. The summed E-state index contributed by atoms with van der Waals surface area (Å²) in [4.78, 5) is 23.9. The first-order valence-electron chi connectivity index (χ1n) is 4.70. The van der Waals surface area contributed by atoms with Crippen molar-refractivity contribution in [3.63, 3.8) is 0 Å². The zero-order chi connectivity index (χ0) is 11.3. The molecule has 0 aliphatic heterocycles. The molecule has 0 aliphatic carbocycles. The smallest absolute Gasteiger partial charge is 0.342 e. The Morgan fingerprint density at radius 3 is 2.87 bits per heavy atom. The fourth-order valence-corrected chi connectivity index (χ4v) is 1.15. The lowest BCUT2D eigenvalue weighted by molar-refractivity contribution is 0.282. The van der Waals surface area contributed by atoms with Crippen molar-refractivity contribution in [3.05, 3.63) is 20.8 Å². The number of hydrogen-bond donors (Lipinski definition) is 4. The number of nitrogens with zero attached hydrogens (tertiary/aromatic N) is 1. The van der Waals surface area contributed by atoms with E-state index in [1.807, 2.05) is 6.92 Å². The van der Waals surface area contributed by atoms with Gasteiger partial charge in [-0.1, -0.05) is 0 Å². The highest BCUT2D eigenvalue weighted by Crippen LogP contribution is 2.00. The summed E-state index contributed by atoms with van der Waals surface area (Å²) >= 11 is 0. The third-order valence-corrected chi connectivity index (χ3v) is 1.89. The van der Waals surface area contributed by atoms with E-state index in [0.717, 1.165) is 6.42 Å². The summed E-state index contributed by atoms with van der Waals surface area (Å²) in [6.45, 7) is 1.98. The fraction of sp³-hybridized carbons (Fsp3) is 0.625. The molecule has 4 N–H and O–H groups in total. The third kappa shape index (κ3) is 3.55. The average Bonchev–Trinajstić information content (AvgIpc) is 2.19. The molecule has 1 aromatic heterocycles. The van der Waals surface area contributed by atoms with Crippen LogP contribution in [0.4, 0.5) is 5.82 Å². The standard InChI is InChI=1S/C8H14N4O3/c1-5(3-2-4-13)9-6-7(14)10-8(15)12-11-6/h5,13H,2-4H2,1H3,(H,9,11)(H2,10,12,14,15). The lowest BCUT2D eigenvalue weighted by Gasteiger charge is -2.11. The maximum absolute atomic E-state index is 11.2. The molecule has 0 saturated heterocycles. The summed E-state index contributed by atoms with van der Waals surface area (Å²) in [6.07, 6.45) is 1.37. The predicted molar refractivity (Wildman–Crippen MR) is 54.9 cm³/mol. The van der Waals surface area contributed by atoms with Gasteiger partial charge in [0.15, 0.2) is 0 Å². The van der Waals surface area contributed by atoms with E-state index in [4.69, 9.17) is 5.11 Å². The molecule has 0 spiro atoms. The topological polar surface area (TPSA) is 111 Å². The molecule has 0 aromatic carbocycles. The zero-order valence-corrected chi connectivity index (χ0v) is 8.41. The van der Waals surface area contributed by atoms with Crippen LogP contribution in [-0.2, 0) is 0 Å². The molecule has 1 atom stereocenters. The van der Waals surface area contributed by atoms with E-state index in [1.54, 1.807) is 0 Å². The minimum absolute atomic E-state index is 0.0108. The second kappa shape index (κ2) is 5.30. The number of aliphatic hydroxyl groups excluding tert-OH is 1. The lowest BCUT2D eigenvalue weighted by atomic mass is 10.2. The Kier molecular flexibility index (Phi) is 4.04. The van der Waals surface area contributed by atoms with Gasteiger partial charge in [-0.25, -0.2) is 9.89 Å². The number of hydrogen-bond acceptors (Lipinski definition) is 5. The summed E-state index contributed by atoms with van der Waals surface area (Å²) < 4.78 is 0. The van der Waals surface area contributed by atoms with Crippen molar-refractivity contribution in [2.45, 2.75) is 25.8 Å². The van der Waals surface area contributed by atoms with Gasteiger partial charge in [0.1, 0.15) is 0 Å². The van der Waals surface area contributed by atoms with E-state index in [9.17, 15) is 9.59 Å². The number of anilines is 1. The summed E-state index contributed by atoms with van der Waals surface area (Å²) in [5, 5.41) is 17.1. The number of H-pyrrole nitrogens is 2. The van der Waals surface area contributed by atoms with Crippen molar-refractivity contribution in [2.75, 3.05) is 11.9 Å². The molecule has 1 heterocycles. The number of aliphatic hydroxyl groups is 1. The second-order valence-corrected chi connectivity index (χ2v) is 3.27. The Morgan fingerprint density at radius 1 is 1.53 bits per heavy atom. The molecule has 1 unspecified atom stereocenters. The highest BCUT2D eigenvalue weighted by atomic mass is 16.3. The van der Waals surface area contributed by atoms with E-state index in [1.165, 1.54) is 0 Å². The molecule has 1 aromatic rings. The molecule has 7 nitrogen and oxygen atoms in total. The molecule has 0 saturated carbocycles. The van der Waals surface area contributed by atoms with Crippen molar-refractivity contribution in [1.29, 1.82) is 0 Å². The van der Waals surface area contributed by atoms with Gasteiger partial charge in [0.05, 0.1) is 0 Å². The molecule has 0 aliphatic rings. The van der Waals surface area contributed by atoms with Crippen LogP contribution in [0, 0.1) is 0 Å². The highest BCUT2D eigenvalue weighted by Gasteiger charge is 2.06. The van der Waals surface area contributed by atoms with Crippen LogP contribution >= 0.6 is 0 Å². The van der Waals surface area contributed by atoms with Crippen LogP contribution in [0.15, 0.2) is 9.59 Å². The first-order valence-corrected chi connectivity index (χ1v) is 4.70. The molecule has 0 amide bonds. The van der Waals surface area contributed by atoms with Crippen LogP contribution in [0.3, 0.4) is 0 Å². The minimum atomic E-state index is -0.631. The summed E-state index contributed by atoms with van der Waals surface area (Å²) in [6, 6.07) is 0.0108. The average molecular weight is 214 g/mol. The van der Waals surface area contributed by atoms with Crippen molar-refractivity contribution in [3.8, 4) is 0 Å². The van der Waals surface area contributed by atoms with Crippen LogP contribution in [0.25, 0.3) is 0 Å². The van der Waals surface area contributed by atoms with Gasteiger partial charge >= 0.3 is 5.69 Å². The molecule has 0 fully saturated rings. The number of nitrogens with one attached hydrogen (secondary N) is 3. The molecule has 15 heavy (non-hydrogen) atoms. The van der Waals surface area contributed by atoms with Gasteiger partial charge in [0.25, 0.3) is 5.56 Å². The second-order valence-electron chi connectivity index (χ2n) is 3.27. The van der Waals surface area contributed by atoms with Gasteiger partial charge in [0, 0.05) is 12.6 Å². The van der Waals surface area contributed by atoms with Gasteiger partial charge in [-0.2, -0.15) is 0 Å². The first-order chi connectivity index (χ1) is 7.13. The van der Waals surface area contributed by atoms with Crippen LogP contribution in [0.2, 0.25) is 0 Å². The van der Waals surface area contributed by atoms with E-state index < -0.39 is 11.2 Å². The highest BCUT2D eigenvalue weighted by molar-refractivity contribution is 5.29. The third-order valence-electron chi connectivity index (χ3n) is 1.89. The Bertz CT molecular complexity index is 411. The maximum atomic E-state index is 11.2. The molecule has 0 radical (unpaired) electrons. The van der Waals surface area contributed by atoms with E-state index in [2.05, 4.69) is 20.5 Å². The number of aromatic amines is 2. The first kappa shape index (κ1) is 11.4. The van der Waals surface area contributed by atoms with Crippen molar-refractivity contribution < 1.29 is 5.11 Å². The number of aromatic nitrogens is 3. The Hall–Kier alpha value is -1.63. The summed E-state index contributed by atoms with van der Waals surface area (Å²) in [5.41, 5.74) is -1.18. The van der Waals surface area contributed by atoms with Crippen molar-refractivity contribution in [1.82, 2.24) is 15.2 Å². The van der Waals surface area contributed by atoms with E-state index in [-0.39, 0.29) is 18.5 Å². The van der Waals surface area contributed by atoms with Gasteiger partial charge in [-0.3, -0.25) is 9.78 Å². The Morgan fingerprint density at radius 2 is 2.27 bits per heavy atom. The van der Waals surface area contributed by atoms with Crippen LogP contribution in [0.5, 0.6) is 0 Å². The van der Waals surface area contributed by atoms with Gasteiger partial charge in [-0.05, 0) is 19.8 Å². The quantitative estimate of drug-likeness (QED) is 0.504. The monoisotopic (exact) mass is 214 g/mol. The Labute approximate surface area is 85.6 Å². The van der Waals surface area contributed by atoms with E-state index >= 15 is 0 Å². The molecule has 7 heteroatoms. The molecule has 0 bridgehead atoms. The fourth-order valence-electron chi connectivity index (χ4n) is 1.15. The van der Waals surface area contributed by atoms with Gasteiger partial charge < -0.3 is 10.4 Å². The van der Waals surface area contributed by atoms with Crippen molar-refractivity contribution >= 4 is 5.82 Å². The normalized spacial score (nSPS) is 12.4. The largest absolute Gasteiger partial charge is 0.396 e. The molecule has 1 rings (SSSR count). The number of rotatable bonds is 5. The maximum Gasteiger partial charge on any atom is 0.342 e. The zero-order valence-electron chi connectivity index (χ0n) is 8.41. The van der Waals surface area contributed by atoms with E-state index in [0.29, 0.717) is 6.42 Å².